The predicted molar refractivity (Wildman–Crippen MR) is 104 cm³/mol. The molecule has 0 aliphatic carbocycles. The Labute approximate surface area is 187 Å². The first kappa shape index (κ1) is 28.4. The van der Waals surface area contributed by atoms with Crippen LogP contribution in [0.3, 0.4) is 0 Å². The van der Waals surface area contributed by atoms with Gasteiger partial charge in [0, 0.05) is 38.1 Å². The van der Waals surface area contributed by atoms with Crippen LogP contribution in [0.25, 0.3) is 11.2 Å². The number of carbonyl (C=O) groups is 2. The molecular weight excluding hydrogens is 486 g/mol. The van der Waals surface area contributed by atoms with E-state index in [1.807, 2.05) is 12.1 Å². The average molecular weight is 506 g/mol. The van der Waals surface area contributed by atoms with Crippen LogP contribution in [0.1, 0.15) is 6.42 Å². The van der Waals surface area contributed by atoms with E-state index in [2.05, 4.69) is 20.2 Å². The SMILES string of the molecule is O=C(O)C(F)(F)F.O=C(O)C(F)(F)F.c1cnc2nc(SCCCN3CCNCC3)oc2c1. The van der Waals surface area contributed by atoms with Crippen LogP contribution in [0.2, 0.25) is 0 Å². The van der Waals surface area contributed by atoms with Gasteiger partial charge in [0.2, 0.25) is 0 Å². The zero-order valence-corrected chi connectivity index (χ0v) is 17.6. The fourth-order valence-electron chi connectivity index (χ4n) is 2.19. The van der Waals surface area contributed by atoms with E-state index >= 15 is 0 Å². The van der Waals surface area contributed by atoms with Crippen molar-refractivity contribution in [2.75, 3.05) is 38.5 Å². The maximum atomic E-state index is 10.6. The van der Waals surface area contributed by atoms with Crippen molar-refractivity contribution in [3.8, 4) is 0 Å². The third-order valence-corrected chi connectivity index (χ3v) is 4.60. The van der Waals surface area contributed by atoms with Crippen molar-refractivity contribution in [1.29, 1.82) is 0 Å². The Morgan fingerprint density at radius 3 is 2.12 bits per heavy atom. The second-order valence-corrected chi connectivity index (χ2v) is 7.25. The third kappa shape index (κ3) is 11.7. The van der Waals surface area contributed by atoms with E-state index < -0.39 is 24.3 Å². The highest BCUT2D eigenvalue weighted by atomic mass is 32.2. The van der Waals surface area contributed by atoms with Crippen molar-refractivity contribution in [2.45, 2.75) is 24.0 Å². The molecule has 3 N–H and O–H groups in total. The third-order valence-electron chi connectivity index (χ3n) is 3.68. The Morgan fingerprint density at radius 2 is 1.64 bits per heavy atom. The van der Waals surface area contributed by atoms with Crippen molar-refractivity contribution in [2.24, 2.45) is 0 Å². The van der Waals surface area contributed by atoms with Gasteiger partial charge in [-0.1, -0.05) is 11.8 Å². The summed E-state index contributed by atoms with van der Waals surface area (Å²) in [5.74, 6) is -4.48. The molecule has 2 aromatic rings. The highest BCUT2D eigenvalue weighted by Crippen LogP contribution is 2.22. The van der Waals surface area contributed by atoms with Crippen LogP contribution in [0, 0.1) is 0 Å². The standard InChI is InChI=1S/C13H18N4OS.2C2HF3O2/c1-3-11-12(15-4-1)16-13(18-11)19-10-2-7-17-8-5-14-6-9-17;2*3-2(4,5)1(6)7/h1,3-4,14H,2,5-10H2;2*(H,6,7). The minimum atomic E-state index is -5.08. The Hall–Kier alpha value is -2.59. The maximum Gasteiger partial charge on any atom is 0.490 e. The van der Waals surface area contributed by atoms with Crippen LogP contribution in [0.5, 0.6) is 0 Å². The van der Waals surface area contributed by atoms with Crippen LogP contribution >= 0.6 is 11.8 Å². The van der Waals surface area contributed by atoms with Crippen LogP contribution in [0.15, 0.2) is 28.0 Å². The molecule has 2 aromatic heterocycles. The zero-order valence-electron chi connectivity index (χ0n) is 16.8. The molecule has 186 valence electrons. The first-order chi connectivity index (χ1) is 15.3. The number of carboxylic acids is 2. The molecule has 0 aromatic carbocycles. The van der Waals surface area contributed by atoms with E-state index in [4.69, 9.17) is 24.2 Å². The number of alkyl halides is 6. The first-order valence-corrected chi connectivity index (χ1v) is 10.2. The number of oxazole rings is 1. The normalized spacial score (nSPS) is 14.6. The average Bonchev–Trinajstić information content (AvgIpc) is 3.14. The lowest BCUT2D eigenvalue weighted by molar-refractivity contribution is -0.193. The number of hydrogen-bond donors (Lipinski definition) is 3. The minimum Gasteiger partial charge on any atom is -0.475 e. The number of fused-ring (bicyclic) bond motifs is 1. The minimum absolute atomic E-state index is 0.701. The summed E-state index contributed by atoms with van der Waals surface area (Å²) in [5, 5.41) is 18.3. The number of nitrogens with one attached hydrogen (secondary N) is 1. The van der Waals surface area contributed by atoms with Gasteiger partial charge < -0.3 is 24.8 Å². The van der Waals surface area contributed by atoms with Gasteiger partial charge in [-0.05, 0) is 25.1 Å². The summed E-state index contributed by atoms with van der Waals surface area (Å²) in [7, 11) is 0. The number of hydrogen-bond acceptors (Lipinski definition) is 8. The van der Waals surface area contributed by atoms with Gasteiger partial charge >= 0.3 is 24.3 Å². The molecule has 0 atom stereocenters. The largest absolute Gasteiger partial charge is 0.490 e. The monoisotopic (exact) mass is 506 g/mol. The predicted octanol–water partition coefficient (Wildman–Crippen LogP) is 2.88. The summed E-state index contributed by atoms with van der Waals surface area (Å²) in [6.45, 7) is 5.72. The molecule has 1 saturated heterocycles. The van der Waals surface area contributed by atoms with Gasteiger partial charge in [0.1, 0.15) is 0 Å². The molecule has 3 heterocycles. The molecule has 1 aliphatic heterocycles. The fourth-order valence-corrected chi connectivity index (χ4v) is 2.94. The number of rotatable bonds is 5. The lowest BCUT2D eigenvalue weighted by Gasteiger charge is -2.26. The van der Waals surface area contributed by atoms with Crippen LogP contribution in [-0.2, 0) is 9.59 Å². The molecule has 3 rings (SSSR count). The molecule has 0 amide bonds. The summed E-state index contributed by atoms with van der Waals surface area (Å²) < 4.78 is 69.1. The van der Waals surface area contributed by atoms with E-state index in [0.29, 0.717) is 5.65 Å². The highest BCUT2D eigenvalue weighted by Gasteiger charge is 2.38. The fraction of sp³-hybridized carbons (Fsp3) is 0.529. The Kier molecular flexibility index (Phi) is 11.4. The van der Waals surface area contributed by atoms with E-state index in [1.165, 1.54) is 0 Å². The lowest BCUT2D eigenvalue weighted by Crippen LogP contribution is -2.43. The second-order valence-electron chi connectivity index (χ2n) is 6.20. The zero-order chi connectivity index (χ0) is 25.1. The number of carboxylic acid groups (broad SMARTS) is 2. The molecule has 0 saturated carbocycles. The van der Waals surface area contributed by atoms with Crippen molar-refractivity contribution in [1.82, 2.24) is 20.2 Å². The molecule has 33 heavy (non-hydrogen) atoms. The summed E-state index contributed by atoms with van der Waals surface area (Å²) in [6.07, 6.45) is -7.26. The highest BCUT2D eigenvalue weighted by molar-refractivity contribution is 7.99. The van der Waals surface area contributed by atoms with E-state index in [9.17, 15) is 26.3 Å². The Morgan fingerprint density at radius 1 is 1.09 bits per heavy atom. The summed E-state index contributed by atoms with van der Waals surface area (Å²) in [6, 6.07) is 3.77. The molecule has 16 heteroatoms. The van der Waals surface area contributed by atoms with Gasteiger partial charge in [-0.2, -0.15) is 31.3 Å². The molecule has 1 fully saturated rings. The number of pyridine rings is 1. The molecule has 9 nitrogen and oxygen atoms in total. The van der Waals surface area contributed by atoms with Crippen LogP contribution in [-0.4, -0.2) is 87.8 Å². The summed E-state index contributed by atoms with van der Waals surface area (Å²) in [5.41, 5.74) is 1.47. The van der Waals surface area contributed by atoms with Crippen molar-refractivity contribution in [3.05, 3.63) is 18.3 Å². The maximum absolute atomic E-state index is 10.6. The van der Waals surface area contributed by atoms with Crippen LogP contribution in [0.4, 0.5) is 26.3 Å². The Balaban J connectivity index is 0.000000324. The van der Waals surface area contributed by atoms with E-state index in [1.54, 1.807) is 18.0 Å². The quantitative estimate of drug-likeness (QED) is 0.316. The number of aliphatic carboxylic acids is 2. The topological polar surface area (TPSA) is 129 Å². The smallest absolute Gasteiger partial charge is 0.475 e. The number of nitrogens with zero attached hydrogens (tertiary/aromatic N) is 3. The van der Waals surface area contributed by atoms with E-state index in [0.717, 1.165) is 55.7 Å². The number of piperazine rings is 1. The number of halogens is 6. The molecular formula is C17H20F6N4O5S. The van der Waals surface area contributed by atoms with Crippen LogP contribution < -0.4 is 5.32 Å². The van der Waals surface area contributed by atoms with Crippen molar-refractivity contribution < 1.29 is 50.6 Å². The lowest BCUT2D eigenvalue weighted by atomic mass is 10.3. The first-order valence-electron chi connectivity index (χ1n) is 9.18. The van der Waals surface area contributed by atoms with Gasteiger partial charge in [-0.3, -0.25) is 0 Å². The van der Waals surface area contributed by atoms with Gasteiger partial charge in [-0.15, -0.1) is 0 Å². The second kappa shape index (κ2) is 13.2. The molecule has 0 bridgehead atoms. The Bertz CT molecular complexity index is 830. The van der Waals surface area contributed by atoms with Crippen molar-refractivity contribution >= 4 is 34.9 Å². The van der Waals surface area contributed by atoms with Gasteiger partial charge in [0.05, 0.1) is 0 Å². The summed E-state index contributed by atoms with van der Waals surface area (Å²) in [4.78, 5) is 28.8. The number of thioether (sulfide) groups is 1. The van der Waals surface area contributed by atoms with E-state index in [-0.39, 0.29) is 0 Å². The molecule has 0 spiro atoms. The molecule has 1 aliphatic rings. The van der Waals surface area contributed by atoms with Gasteiger partial charge in [0.15, 0.2) is 11.2 Å². The number of aromatic nitrogens is 2. The van der Waals surface area contributed by atoms with Gasteiger partial charge in [0.25, 0.3) is 5.22 Å². The molecule has 0 radical (unpaired) electrons. The molecule has 0 unspecified atom stereocenters. The van der Waals surface area contributed by atoms with Gasteiger partial charge in [-0.25, -0.2) is 14.6 Å². The summed E-state index contributed by atoms with van der Waals surface area (Å²) >= 11 is 1.67. The van der Waals surface area contributed by atoms with Crippen molar-refractivity contribution in [3.63, 3.8) is 0 Å².